The molecule has 0 saturated heterocycles. The highest BCUT2D eigenvalue weighted by molar-refractivity contribution is 9.10. The molecule has 0 aliphatic carbocycles. The van der Waals surface area contributed by atoms with Crippen LogP contribution in [-0.4, -0.2) is 43.0 Å². The third-order valence-electron chi connectivity index (χ3n) is 4.16. The molecule has 0 atom stereocenters. The van der Waals surface area contributed by atoms with Gasteiger partial charge in [-0.1, -0.05) is 29.5 Å². The van der Waals surface area contributed by atoms with E-state index in [9.17, 15) is 4.79 Å². The van der Waals surface area contributed by atoms with Crippen LogP contribution in [0.5, 0.6) is 0 Å². The van der Waals surface area contributed by atoms with Crippen molar-refractivity contribution in [2.45, 2.75) is 13.8 Å². The summed E-state index contributed by atoms with van der Waals surface area (Å²) in [5.41, 5.74) is 3.99. The maximum Gasteiger partial charge on any atom is 0.261 e. The predicted octanol–water partition coefficient (Wildman–Crippen LogP) is 5.31. The van der Waals surface area contributed by atoms with Gasteiger partial charge in [0.25, 0.3) is 5.91 Å². The molecule has 0 unspecified atom stereocenters. The number of nitrogens with zero attached hydrogens (tertiary/aromatic N) is 3. The second kappa shape index (κ2) is 9.15. The van der Waals surface area contributed by atoms with Crippen LogP contribution in [0.25, 0.3) is 10.2 Å². The largest absolute Gasteiger partial charge is 0.308 e. The summed E-state index contributed by atoms with van der Waals surface area (Å²) in [5, 5.41) is 0.747. The Labute approximate surface area is 178 Å². The average molecular weight is 469 g/mol. The molecule has 1 aromatic heterocycles. The Bertz CT molecular complexity index is 958. The van der Waals surface area contributed by atoms with Gasteiger partial charge in [0.2, 0.25) is 0 Å². The molecule has 144 valence electrons. The number of rotatable bonds is 5. The summed E-state index contributed by atoms with van der Waals surface area (Å²) in [7, 11) is 4.01. The summed E-state index contributed by atoms with van der Waals surface area (Å²) < 4.78 is 1.94. The third-order valence-corrected chi connectivity index (χ3v) is 6.08. The summed E-state index contributed by atoms with van der Waals surface area (Å²) in [6, 6.07) is 11.8. The lowest BCUT2D eigenvalue weighted by atomic mass is 10.1. The molecule has 0 aliphatic heterocycles. The highest BCUT2D eigenvalue weighted by atomic mass is 79.9. The van der Waals surface area contributed by atoms with Crippen molar-refractivity contribution in [2.75, 3.05) is 32.1 Å². The van der Waals surface area contributed by atoms with Crippen LogP contribution >= 0.6 is 39.7 Å². The van der Waals surface area contributed by atoms with E-state index in [4.69, 9.17) is 4.98 Å². The second-order valence-corrected chi connectivity index (χ2v) is 8.50. The van der Waals surface area contributed by atoms with Gasteiger partial charge in [-0.15, -0.1) is 12.4 Å². The van der Waals surface area contributed by atoms with E-state index in [1.165, 1.54) is 11.1 Å². The number of hydrogen-bond donors (Lipinski definition) is 0. The molecule has 4 nitrogen and oxygen atoms in total. The van der Waals surface area contributed by atoms with Gasteiger partial charge in [-0.3, -0.25) is 9.69 Å². The summed E-state index contributed by atoms with van der Waals surface area (Å²) in [6.07, 6.45) is 0. The Morgan fingerprint density at radius 3 is 2.52 bits per heavy atom. The summed E-state index contributed by atoms with van der Waals surface area (Å²) in [4.78, 5) is 21.9. The van der Waals surface area contributed by atoms with Gasteiger partial charge in [-0.05, 0) is 73.2 Å². The summed E-state index contributed by atoms with van der Waals surface area (Å²) in [5.74, 6) is -0.0345. The monoisotopic (exact) mass is 467 g/mol. The minimum atomic E-state index is -0.0345. The first kappa shape index (κ1) is 21.8. The van der Waals surface area contributed by atoms with Crippen LogP contribution in [0, 0.1) is 13.8 Å². The van der Waals surface area contributed by atoms with Crippen LogP contribution in [0.2, 0.25) is 0 Å². The number of aromatic nitrogens is 1. The lowest BCUT2D eigenvalue weighted by Gasteiger charge is -2.22. The number of carbonyl (C=O) groups is 1. The lowest BCUT2D eigenvalue weighted by Crippen LogP contribution is -2.36. The van der Waals surface area contributed by atoms with E-state index < -0.39 is 0 Å². The van der Waals surface area contributed by atoms with E-state index in [-0.39, 0.29) is 18.3 Å². The highest BCUT2D eigenvalue weighted by Gasteiger charge is 2.23. The summed E-state index contributed by atoms with van der Waals surface area (Å²) >= 11 is 5.08. The van der Waals surface area contributed by atoms with Gasteiger partial charge in [-0.2, -0.15) is 0 Å². The van der Waals surface area contributed by atoms with Crippen LogP contribution in [0.15, 0.2) is 40.9 Å². The fraction of sp³-hybridized carbons (Fsp3) is 0.300. The van der Waals surface area contributed by atoms with Crippen molar-refractivity contribution >= 4 is 60.9 Å². The van der Waals surface area contributed by atoms with E-state index in [1.807, 2.05) is 38.4 Å². The standard InChI is InChI=1S/C20H22BrN3OS.ClH/c1-13-11-14(2)18-17(12-13)22-20(26-18)24(10-9-23(3)4)19(25)15-7-5-6-8-16(15)21;/h5-8,11-12H,9-10H2,1-4H3;1H. The maximum absolute atomic E-state index is 13.3. The molecule has 0 bridgehead atoms. The van der Waals surface area contributed by atoms with Gasteiger partial charge in [0.15, 0.2) is 5.13 Å². The molecule has 1 heterocycles. The molecule has 2 aromatic carbocycles. The molecule has 0 N–H and O–H groups in total. The lowest BCUT2D eigenvalue weighted by molar-refractivity contribution is 0.0984. The topological polar surface area (TPSA) is 36.4 Å². The van der Waals surface area contributed by atoms with Crippen LogP contribution in [-0.2, 0) is 0 Å². The van der Waals surface area contributed by atoms with Gasteiger partial charge in [0.1, 0.15) is 0 Å². The number of benzene rings is 2. The zero-order valence-electron chi connectivity index (χ0n) is 15.8. The molecular formula is C20H23BrClN3OS. The van der Waals surface area contributed by atoms with Crippen molar-refractivity contribution in [3.63, 3.8) is 0 Å². The SMILES string of the molecule is Cc1cc(C)c2sc(N(CCN(C)C)C(=O)c3ccccc3Br)nc2c1.Cl. The number of aryl methyl sites for hydroxylation is 2. The minimum Gasteiger partial charge on any atom is -0.308 e. The number of halogens is 2. The van der Waals surface area contributed by atoms with Crippen molar-refractivity contribution in [2.24, 2.45) is 0 Å². The number of fused-ring (bicyclic) bond motifs is 1. The fourth-order valence-corrected chi connectivity index (χ4v) is 4.34. The molecule has 0 radical (unpaired) electrons. The molecule has 3 rings (SSSR count). The van der Waals surface area contributed by atoms with E-state index in [1.54, 1.807) is 16.2 Å². The third kappa shape index (κ3) is 4.88. The predicted molar refractivity (Wildman–Crippen MR) is 121 cm³/mol. The van der Waals surface area contributed by atoms with Gasteiger partial charge in [0, 0.05) is 17.6 Å². The Morgan fingerprint density at radius 1 is 1.15 bits per heavy atom. The number of carbonyl (C=O) groups excluding carboxylic acids is 1. The molecule has 3 aromatic rings. The van der Waals surface area contributed by atoms with E-state index >= 15 is 0 Å². The minimum absolute atomic E-state index is 0. The van der Waals surface area contributed by atoms with Gasteiger partial charge in [0.05, 0.1) is 15.8 Å². The van der Waals surface area contributed by atoms with Crippen molar-refractivity contribution < 1.29 is 4.79 Å². The summed E-state index contributed by atoms with van der Waals surface area (Å²) in [6.45, 7) is 5.52. The molecule has 1 amide bonds. The molecule has 0 fully saturated rings. The van der Waals surface area contributed by atoms with Gasteiger partial charge < -0.3 is 4.90 Å². The Hall–Kier alpha value is -1.47. The van der Waals surface area contributed by atoms with Gasteiger partial charge in [-0.25, -0.2) is 4.98 Å². The first-order valence-electron chi connectivity index (χ1n) is 8.45. The smallest absolute Gasteiger partial charge is 0.261 e. The zero-order chi connectivity index (χ0) is 18.8. The number of anilines is 1. The molecule has 0 aliphatic rings. The van der Waals surface area contributed by atoms with E-state index in [2.05, 4.69) is 46.8 Å². The van der Waals surface area contributed by atoms with E-state index in [0.29, 0.717) is 12.1 Å². The number of amides is 1. The average Bonchev–Trinajstić information content (AvgIpc) is 2.99. The van der Waals surface area contributed by atoms with Crippen LogP contribution in [0.3, 0.4) is 0 Å². The van der Waals surface area contributed by atoms with Crippen molar-refractivity contribution in [1.29, 1.82) is 0 Å². The first-order valence-corrected chi connectivity index (χ1v) is 10.1. The molecule has 27 heavy (non-hydrogen) atoms. The van der Waals surface area contributed by atoms with Gasteiger partial charge >= 0.3 is 0 Å². The zero-order valence-corrected chi connectivity index (χ0v) is 19.0. The maximum atomic E-state index is 13.3. The number of likely N-dealkylation sites (N-methyl/N-ethyl adjacent to an activating group) is 1. The number of thiazole rings is 1. The quantitative estimate of drug-likeness (QED) is 0.509. The first-order chi connectivity index (χ1) is 12.4. The van der Waals surface area contributed by atoms with Crippen molar-refractivity contribution in [3.05, 3.63) is 57.6 Å². The van der Waals surface area contributed by atoms with Crippen molar-refractivity contribution in [3.8, 4) is 0 Å². The van der Waals surface area contributed by atoms with Crippen LogP contribution in [0.1, 0.15) is 21.5 Å². The molecule has 7 heteroatoms. The van der Waals surface area contributed by atoms with Crippen LogP contribution < -0.4 is 4.90 Å². The van der Waals surface area contributed by atoms with E-state index in [0.717, 1.165) is 26.4 Å². The van der Waals surface area contributed by atoms with Crippen LogP contribution in [0.4, 0.5) is 5.13 Å². The van der Waals surface area contributed by atoms with Crippen molar-refractivity contribution in [1.82, 2.24) is 9.88 Å². The molecule has 0 spiro atoms. The Kier molecular flexibility index (Phi) is 7.40. The molecular weight excluding hydrogens is 446 g/mol. The molecule has 0 saturated carbocycles. The Morgan fingerprint density at radius 2 is 1.85 bits per heavy atom. The fourth-order valence-electron chi connectivity index (χ4n) is 2.84. The second-order valence-electron chi connectivity index (χ2n) is 6.67. The normalized spacial score (nSPS) is 10.9. The Balaban J connectivity index is 0.00000261. The highest BCUT2D eigenvalue weighted by Crippen LogP contribution is 2.33. The number of hydrogen-bond acceptors (Lipinski definition) is 4.